The Hall–Kier alpha value is -1.94. The van der Waals surface area contributed by atoms with Crippen molar-refractivity contribution in [1.29, 1.82) is 0 Å². The van der Waals surface area contributed by atoms with Crippen LogP contribution >= 0.6 is 11.6 Å². The monoisotopic (exact) mass is 426 g/mol. The molecule has 1 aliphatic heterocycles. The van der Waals surface area contributed by atoms with Crippen molar-refractivity contribution in [2.75, 3.05) is 31.6 Å². The Morgan fingerprint density at radius 1 is 1.25 bits per heavy atom. The number of halogens is 1. The maximum atomic E-state index is 12.9. The molecule has 1 amide bonds. The first-order valence-corrected chi connectivity index (χ1v) is 10.8. The van der Waals surface area contributed by atoms with Crippen LogP contribution in [0.5, 0.6) is 0 Å². The number of carbonyl (C=O) groups is 1. The summed E-state index contributed by atoms with van der Waals surface area (Å²) in [4.78, 5) is 12.3. The van der Waals surface area contributed by atoms with E-state index >= 15 is 0 Å². The number of amides is 1. The van der Waals surface area contributed by atoms with Crippen LogP contribution in [0.2, 0.25) is 5.02 Å². The fourth-order valence-corrected chi connectivity index (χ4v) is 4.95. The largest absolute Gasteiger partial charge is 0.379 e. The van der Waals surface area contributed by atoms with Gasteiger partial charge in [-0.05, 0) is 38.1 Å². The van der Waals surface area contributed by atoms with E-state index in [9.17, 15) is 13.2 Å². The van der Waals surface area contributed by atoms with Crippen LogP contribution in [0, 0.1) is 13.8 Å². The minimum Gasteiger partial charge on any atom is -0.379 e. The molecule has 152 valence electrons. The van der Waals surface area contributed by atoms with E-state index < -0.39 is 10.0 Å². The zero-order valence-electron chi connectivity index (χ0n) is 15.8. The molecule has 0 bridgehead atoms. The number of aromatic nitrogens is 2. The predicted octanol–water partition coefficient (Wildman–Crippen LogP) is 2.20. The standard InChI is InChI=1S/C18H23ClN4O4S/c1-13-11-14(2)23(21-13)6-5-18(24)20-15-3-4-16(19)17(12-15)28(25,26)22-7-9-27-10-8-22/h3-4,11-12H,5-10H2,1-2H3,(H,20,24). The van der Waals surface area contributed by atoms with Crippen LogP contribution in [0.25, 0.3) is 0 Å². The van der Waals surface area contributed by atoms with Crippen molar-refractivity contribution in [2.24, 2.45) is 0 Å². The van der Waals surface area contributed by atoms with E-state index in [1.807, 2.05) is 19.9 Å². The second-order valence-corrected chi connectivity index (χ2v) is 8.92. The summed E-state index contributed by atoms with van der Waals surface area (Å²) in [5, 5.41) is 7.18. The number of ether oxygens (including phenoxy) is 1. The molecule has 1 fully saturated rings. The minimum atomic E-state index is -3.75. The summed E-state index contributed by atoms with van der Waals surface area (Å²) in [7, 11) is -3.75. The molecule has 0 saturated carbocycles. The average molecular weight is 427 g/mol. The van der Waals surface area contributed by atoms with E-state index in [1.54, 1.807) is 10.7 Å². The summed E-state index contributed by atoms with van der Waals surface area (Å²) in [6, 6.07) is 6.40. The quantitative estimate of drug-likeness (QED) is 0.764. The molecule has 0 aliphatic carbocycles. The number of nitrogens with zero attached hydrogens (tertiary/aromatic N) is 3. The molecule has 0 spiro atoms. The lowest BCUT2D eigenvalue weighted by molar-refractivity contribution is -0.116. The van der Waals surface area contributed by atoms with Crippen molar-refractivity contribution < 1.29 is 17.9 Å². The summed E-state index contributed by atoms with van der Waals surface area (Å²) < 4.78 is 34.0. The maximum Gasteiger partial charge on any atom is 0.244 e. The van der Waals surface area contributed by atoms with Gasteiger partial charge >= 0.3 is 0 Å². The maximum absolute atomic E-state index is 12.9. The molecule has 8 nitrogen and oxygen atoms in total. The van der Waals surface area contributed by atoms with E-state index in [0.29, 0.717) is 25.4 Å². The van der Waals surface area contributed by atoms with E-state index in [4.69, 9.17) is 16.3 Å². The lowest BCUT2D eigenvalue weighted by atomic mass is 10.3. The molecule has 1 aromatic carbocycles. The smallest absolute Gasteiger partial charge is 0.244 e. The van der Waals surface area contributed by atoms with Gasteiger partial charge < -0.3 is 10.1 Å². The van der Waals surface area contributed by atoms with Crippen molar-refractivity contribution >= 4 is 33.2 Å². The van der Waals surface area contributed by atoms with Gasteiger partial charge in [0.2, 0.25) is 15.9 Å². The first kappa shape index (κ1) is 20.8. The molecule has 1 aromatic heterocycles. The van der Waals surface area contributed by atoms with Crippen LogP contribution < -0.4 is 5.32 Å². The molecule has 28 heavy (non-hydrogen) atoms. The highest BCUT2D eigenvalue weighted by Crippen LogP contribution is 2.28. The predicted molar refractivity (Wildman–Crippen MR) is 106 cm³/mol. The molecule has 2 heterocycles. The topological polar surface area (TPSA) is 93.5 Å². The molecular formula is C18H23ClN4O4S. The number of anilines is 1. The summed E-state index contributed by atoms with van der Waals surface area (Å²) in [6.07, 6.45) is 0.218. The highest BCUT2D eigenvalue weighted by atomic mass is 35.5. The lowest BCUT2D eigenvalue weighted by Crippen LogP contribution is -2.40. The lowest BCUT2D eigenvalue weighted by Gasteiger charge is -2.26. The Bertz CT molecular complexity index is 968. The second-order valence-electron chi connectivity index (χ2n) is 6.61. The Labute approximate surface area is 169 Å². The van der Waals surface area contributed by atoms with Gasteiger partial charge in [0.15, 0.2) is 0 Å². The zero-order valence-corrected chi connectivity index (χ0v) is 17.4. The number of sulfonamides is 1. The minimum absolute atomic E-state index is 0.0209. The van der Waals surface area contributed by atoms with Gasteiger partial charge in [0.1, 0.15) is 4.90 Å². The molecule has 0 atom stereocenters. The van der Waals surface area contributed by atoms with Gasteiger partial charge in [0.25, 0.3) is 0 Å². The third-order valence-electron chi connectivity index (χ3n) is 4.46. The molecule has 0 radical (unpaired) electrons. The van der Waals surface area contributed by atoms with Gasteiger partial charge in [-0.3, -0.25) is 9.48 Å². The van der Waals surface area contributed by atoms with Gasteiger partial charge in [0, 0.05) is 37.4 Å². The van der Waals surface area contributed by atoms with Gasteiger partial charge in [-0.15, -0.1) is 0 Å². The molecular weight excluding hydrogens is 404 g/mol. The van der Waals surface area contributed by atoms with Crippen LogP contribution in [0.1, 0.15) is 17.8 Å². The molecule has 1 aliphatic rings. The van der Waals surface area contributed by atoms with Crippen molar-refractivity contribution in [3.63, 3.8) is 0 Å². The highest BCUT2D eigenvalue weighted by Gasteiger charge is 2.28. The fourth-order valence-electron chi connectivity index (χ4n) is 3.04. The first-order valence-electron chi connectivity index (χ1n) is 8.96. The highest BCUT2D eigenvalue weighted by molar-refractivity contribution is 7.89. The van der Waals surface area contributed by atoms with E-state index in [2.05, 4.69) is 10.4 Å². The summed E-state index contributed by atoms with van der Waals surface area (Å²) in [5.74, 6) is -0.232. The van der Waals surface area contributed by atoms with E-state index in [1.165, 1.54) is 16.4 Å². The number of hydrogen-bond acceptors (Lipinski definition) is 5. The molecule has 3 rings (SSSR count). The molecule has 0 unspecified atom stereocenters. The second kappa shape index (κ2) is 8.60. The number of rotatable bonds is 6. The SMILES string of the molecule is Cc1cc(C)n(CCC(=O)Nc2ccc(Cl)c(S(=O)(=O)N3CCOCC3)c2)n1. The normalized spacial score (nSPS) is 15.5. The van der Waals surface area contributed by atoms with Crippen LogP contribution in [0.15, 0.2) is 29.2 Å². The van der Waals surface area contributed by atoms with E-state index in [-0.39, 0.29) is 35.3 Å². The number of benzene rings is 1. The Balaban J connectivity index is 1.70. The number of nitrogens with one attached hydrogen (secondary N) is 1. The van der Waals surface area contributed by atoms with Crippen LogP contribution in [0.3, 0.4) is 0 Å². The van der Waals surface area contributed by atoms with Gasteiger partial charge in [-0.2, -0.15) is 9.40 Å². The molecule has 1 saturated heterocycles. The fraction of sp³-hybridized carbons (Fsp3) is 0.444. The zero-order chi connectivity index (χ0) is 20.3. The van der Waals surface area contributed by atoms with Crippen molar-refractivity contribution in [3.05, 3.63) is 40.7 Å². The Morgan fingerprint density at radius 3 is 2.61 bits per heavy atom. The molecule has 1 N–H and O–H groups in total. The van der Waals surface area contributed by atoms with Gasteiger partial charge in [-0.1, -0.05) is 11.6 Å². The van der Waals surface area contributed by atoms with Crippen LogP contribution in [-0.2, 0) is 26.1 Å². The van der Waals surface area contributed by atoms with Gasteiger partial charge in [0.05, 0.1) is 23.9 Å². The van der Waals surface area contributed by atoms with Crippen LogP contribution in [-0.4, -0.2) is 54.7 Å². The first-order chi connectivity index (χ1) is 13.3. The van der Waals surface area contributed by atoms with Crippen molar-refractivity contribution in [2.45, 2.75) is 31.7 Å². The van der Waals surface area contributed by atoms with Crippen molar-refractivity contribution in [3.8, 4) is 0 Å². The Morgan fingerprint density at radius 2 is 1.96 bits per heavy atom. The average Bonchev–Trinajstić information content (AvgIpc) is 2.99. The number of hydrogen-bond donors (Lipinski definition) is 1. The number of carbonyl (C=O) groups excluding carboxylic acids is 1. The summed E-state index contributed by atoms with van der Waals surface area (Å²) >= 11 is 6.14. The van der Waals surface area contributed by atoms with E-state index in [0.717, 1.165) is 11.4 Å². The van der Waals surface area contributed by atoms with Crippen molar-refractivity contribution in [1.82, 2.24) is 14.1 Å². The number of aryl methyl sites for hydroxylation is 3. The third kappa shape index (κ3) is 4.72. The van der Waals surface area contributed by atoms with Crippen LogP contribution in [0.4, 0.5) is 5.69 Å². The summed E-state index contributed by atoms with van der Waals surface area (Å²) in [5.41, 5.74) is 2.26. The third-order valence-corrected chi connectivity index (χ3v) is 6.84. The molecule has 10 heteroatoms. The van der Waals surface area contributed by atoms with Gasteiger partial charge in [-0.25, -0.2) is 8.42 Å². The Kier molecular flexibility index (Phi) is 6.39. The summed E-state index contributed by atoms with van der Waals surface area (Å²) in [6.45, 7) is 5.51. The molecule has 2 aromatic rings. The number of morpholine rings is 1.